The lowest BCUT2D eigenvalue weighted by atomic mass is 9.98. The monoisotopic (exact) mass is 484 g/mol. The number of carbonyl (C=O) groups excluding carboxylic acids is 1. The number of nitrogens with zero attached hydrogens (tertiary/aromatic N) is 2. The first-order chi connectivity index (χ1) is 16.2. The van der Waals surface area contributed by atoms with Crippen LogP contribution in [0.4, 0.5) is 11.5 Å². The van der Waals surface area contributed by atoms with Crippen molar-refractivity contribution in [3.8, 4) is 11.6 Å². The molecule has 10 heteroatoms. The summed E-state index contributed by atoms with van der Waals surface area (Å²) in [6, 6.07) is 13.4. The van der Waals surface area contributed by atoms with Crippen molar-refractivity contribution in [2.75, 3.05) is 17.1 Å². The van der Waals surface area contributed by atoms with Crippen LogP contribution in [0.1, 0.15) is 38.7 Å². The fraction of sp³-hybridized carbons (Fsp3) is 0.292. The van der Waals surface area contributed by atoms with Crippen LogP contribution in [0.2, 0.25) is 0 Å². The van der Waals surface area contributed by atoms with Gasteiger partial charge in [-0.05, 0) is 55.2 Å². The number of hydrogen-bond donors (Lipinski definition) is 2. The molecule has 1 aromatic heterocycles. The summed E-state index contributed by atoms with van der Waals surface area (Å²) < 4.78 is 38.7. The fourth-order valence-electron chi connectivity index (χ4n) is 3.15. The molecule has 34 heavy (non-hydrogen) atoms. The van der Waals surface area contributed by atoms with Crippen LogP contribution < -0.4 is 19.5 Å². The van der Waals surface area contributed by atoms with Gasteiger partial charge in [0.25, 0.3) is 21.8 Å². The predicted octanol–water partition coefficient (Wildman–Crippen LogP) is 4.21. The van der Waals surface area contributed by atoms with Gasteiger partial charge in [-0.25, -0.2) is 18.4 Å². The summed E-state index contributed by atoms with van der Waals surface area (Å²) in [5.41, 5.74) is 1.48. The summed E-state index contributed by atoms with van der Waals surface area (Å²) in [4.78, 5) is 20.5. The Hall–Kier alpha value is -3.66. The topological polar surface area (TPSA) is 120 Å². The second kappa shape index (κ2) is 11.0. The standard InChI is InChI=1S/C24H28N4O5S/c1-5-16(2)20-8-6-7-9-21(20)33-17(3)23(29)27-18-10-12-19(13-11-18)34(30,31)28-22-24(32-4)26-15-14-25-22/h6-17H,5H2,1-4H3,(H,25,28)(H,27,29). The highest BCUT2D eigenvalue weighted by Crippen LogP contribution is 2.29. The molecule has 3 aromatic rings. The first-order valence-electron chi connectivity index (χ1n) is 10.8. The van der Waals surface area contributed by atoms with E-state index in [0.717, 1.165) is 12.0 Å². The third-order valence-corrected chi connectivity index (χ3v) is 6.61. The van der Waals surface area contributed by atoms with Crippen LogP contribution in [0.25, 0.3) is 0 Å². The Morgan fingerprint density at radius 2 is 1.71 bits per heavy atom. The average Bonchev–Trinajstić information content (AvgIpc) is 2.84. The first-order valence-corrected chi connectivity index (χ1v) is 12.3. The molecule has 2 unspecified atom stereocenters. The number of carbonyl (C=O) groups is 1. The van der Waals surface area contributed by atoms with E-state index in [2.05, 4.69) is 33.9 Å². The maximum absolute atomic E-state index is 12.7. The number of para-hydroxylation sites is 1. The summed E-state index contributed by atoms with van der Waals surface area (Å²) in [5, 5.41) is 2.75. The minimum absolute atomic E-state index is 0.00927. The van der Waals surface area contributed by atoms with E-state index in [1.165, 1.54) is 43.8 Å². The molecule has 0 spiro atoms. The molecule has 0 saturated heterocycles. The van der Waals surface area contributed by atoms with Gasteiger partial charge in [0.15, 0.2) is 6.10 Å². The van der Waals surface area contributed by atoms with E-state index in [-0.39, 0.29) is 22.5 Å². The number of ether oxygens (including phenoxy) is 2. The number of hydrogen-bond acceptors (Lipinski definition) is 7. The molecule has 0 aliphatic carbocycles. The molecule has 1 amide bonds. The third-order valence-electron chi connectivity index (χ3n) is 5.26. The molecule has 2 N–H and O–H groups in total. The molecule has 180 valence electrons. The lowest BCUT2D eigenvalue weighted by Crippen LogP contribution is -2.30. The summed E-state index contributed by atoms with van der Waals surface area (Å²) in [6.45, 7) is 5.87. The Kier molecular flexibility index (Phi) is 8.06. The smallest absolute Gasteiger partial charge is 0.265 e. The second-order valence-electron chi connectivity index (χ2n) is 7.64. The highest BCUT2D eigenvalue weighted by atomic mass is 32.2. The lowest BCUT2D eigenvalue weighted by molar-refractivity contribution is -0.122. The number of nitrogens with one attached hydrogen (secondary N) is 2. The maximum atomic E-state index is 12.7. The average molecular weight is 485 g/mol. The Balaban J connectivity index is 1.67. The van der Waals surface area contributed by atoms with E-state index < -0.39 is 16.1 Å². The number of anilines is 2. The third kappa shape index (κ3) is 6.02. The van der Waals surface area contributed by atoms with Crippen LogP contribution >= 0.6 is 0 Å². The molecule has 3 rings (SSSR count). The summed E-state index contributed by atoms with van der Waals surface area (Å²) in [7, 11) is -2.57. The largest absolute Gasteiger partial charge is 0.481 e. The molecule has 2 atom stereocenters. The summed E-state index contributed by atoms with van der Waals surface area (Å²) in [5.74, 6) is 0.657. The normalized spacial score (nSPS) is 12.9. The number of methoxy groups -OCH3 is 1. The van der Waals surface area contributed by atoms with Crippen molar-refractivity contribution in [3.05, 3.63) is 66.5 Å². The summed E-state index contributed by atoms with van der Waals surface area (Å²) >= 11 is 0. The van der Waals surface area contributed by atoms with E-state index in [0.29, 0.717) is 17.4 Å². The van der Waals surface area contributed by atoms with Crippen molar-refractivity contribution < 1.29 is 22.7 Å². The molecular formula is C24H28N4O5S. The molecule has 0 fully saturated rings. The van der Waals surface area contributed by atoms with Crippen molar-refractivity contribution in [2.24, 2.45) is 0 Å². The lowest BCUT2D eigenvalue weighted by Gasteiger charge is -2.19. The highest BCUT2D eigenvalue weighted by molar-refractivity contribution is 7.92. The predicted molar refractivity (Wildman–Crippen MR) is 130 cm³/mol. The van der Waals surface area contributed by atoms with Crippen molar-refractivity contribution >= 4 is 27.4 Å². The Bertz CT molecular complexity index is 1230. The minimum Gasteiger partial charge on any atom is -0.481 e. The van der Waals surface area contributed by atoms with E-state index in [1.807, 2.05) is 24.3 Å². The van der Waals surface area contributed by atoms with Crippen LogP contribution in [0, 0.1) is 0 Å². The van der Waals surface area contributed by atoms with Crippen LogP contribution in [-0.4, -0.2) is 37.5 Å². The van der Waals surface area contributed by atoms with Crippen LogP contribution in [0.15, 0.2) is 65.8 Å². The Labute approximate surface area is 199 Å². The van der Waals surface area contributed by atoms with Gasteiger partial charge < -0.3 is 14.8 Å². The van der Waals surface area contributed by atoms with E-state index in [1.54, 1.807) is 6.92 Å². The molecule has 9 nitrogen and oxygen atoms in total. The molecule has 1 heterocycles. The van der Waals surface area contributed by atoms with Gasteiger partial charge in [-0.1, -0.05) is 32.0 Å². The maximum Gasteiger partial charge on any atom is 0.265 e. The van der Waals surface area contributed by atoms with Crippen molar-refractivity contribution in [1.82, 2.24) is 9.97 Å². The first kappa shape index (κ1) is 25.0. The number of amides is 1. The molecule has 2 aromatic carbocycles. The number of aromatic nitrogens is 2. The minimum atomic E-state index is -3.93. The highest BCUT2D eigenvalue weighted by Gasteiger charge is 2.20. The molecule has 0 saturated carbocycles. The number of rotatable bonds is 10. The number of benzene rings is 2. The van der Waals surface area contributed by atoms with Crippen LogP contribution in [0.3, 0.4) is 0 Å². The zero-order valence-electron chi connectivity index (χ0n) is 19.5. The van der Waals surface area contributed by atoms with E-state index in [9.17, 15) is 13.2 Å². The number of sulfonamides is 1. The quantitative estimate of drug-likeness (QED) is 0.442. The Morgan fingerprint density at radius 1 is 1.03 bits per heavy atom. The second-order valence-corrected chi connectivity index (χ2v) is 9.32. The van der Waals surface area contributed by atoms with Crippen molar-refractivity contribution in [3.63, 3.8) is 0 Å². The molecular weight excluding hydrogens is 456 g/mol. The zero-order valence-corrected chi connectivity index (χ0v) is 20.3. The van der Waals surface area contributed by atoms with E-state index in [4.69, 9.17) is 9.47 Å². The SMILES string of the molecule is CCC(C)c1ccccc1OC(C)C(=O)Nc1ccc(S(=O)(=O)Nc2nccnc2OC)cc1. The van der Waals surface area contributed by atoms with Gasteiger partial charge in [0.2, 0.25) is 5.82 Å². The van der Waals surface area contributed by atoms with Crippen molar-refractivity contribution in [1.29, 1.82) is 0 Å². The molecule has 0 aliphatic heterocycles. The molecule has 0 aliphatic rings. The molecule has 0 radical (unpaired) electrons. The van der Waals surface area contributed by atoms with Gasteiger partial charge in [-0.3, -0.25) is 9.52 Å². The molecule has 0 bridgehead atoms. The van der Waals surface area contributed by atoms with Crippen LogP contribution in [-0.2, 0) is 14.8 Å². The van der Waals surface area contributed by atoms with Gasteiger partial charge >= 0.3 is 0 Å². The van der Waals surface area contributed by atoms with Gasteiger partial charge in [0.1, 0.15) is 5.75 Å². The van der Waals surface area contributed by atoms with Crippen LogP contribution in [0.5, 0.6) is 11.6 Å². The fourth-order valence-corrected chi connectivity index (χ4v) is 4.16. The van der Waals surface area contributed by atoms with Gasteiger partial charge in [0.05, 0.1) is 12.0 Å². The van der Waals surface area contributed by atoms with Gasteiger partial charge in [-0.15, -0.1) is 0 Å². The zero-order chi connectivity index (χ0) is 24.7. The summed E-state index contributed by atoms with van der Waals surface area (Å²) in [6.07, 6.45) is 2.94. The van der Waals surface area contributed by atoms with E-state index >= 15 is 0 Å². The van der Waals surface area contributed by atoms with Gasteiger partial charge in [0, 0.05) is 18.1 Å². The Morgan fingerprint density at radius 3 is 2.38 bits per heavy atom. The van der Waals surface area contributed by atoms with Gasteiger partial charge in [-0.2, -0.15) is 0 Å². The van der Waals surface area contributed by atoms with Crippen molar-refractivity contribution in [2.45, 2.75) is 44.1 Å².